The molecule has 2 N–H and O–H groups in total. The Kier molecular flexibility index (Phi) is 5.18. The van der Waals surface area contributed by atoms with E-state index in [1.54, 1.807) is 0 Å². The van der Waals surface area contributed by atoms with Gasteiger partial charge in [0.2, 0.25) is 0 Å². The smallest absolute Gasteiger partial charge is 0.0349 e. The molecule has 0 heterocycles. The van der Waals surface area contributed by atoms with Gasteiger partial charge in [0.15, 0.2) is 0 Å². The lowest BCUT2D eigenvalue weighted by Gasteiger charge is -2.07. The molecular weight excluding hydrogens is 146 g/mol. The Morgan fingerprint density at radius 2 is 1.58 bits per heavy atom. The number of nitrogens with two attached hydrogens (primary N) is 1. The van der Waals surface area contributed by atoms with E-state index < -0.39 is 0 Å². The molecule has 0 aliphatic carbocycles. The van der Waals surface area contributed by atoms with Crippen LogP contribution in [-0.4, -0.2) is 0 Å². The van der Waals surface area contributed by atoms with E-state index in [-0.39, 0.29) is 0 Å². The quantitative estimate of drug-likeness (QED) is 0.634. The van der Waals surface area contributed by atoms with E-state index in [2.05, 4.69) is 19.9 Å². The fourth-order valence-electron chi connectivity index (χ4n) is 1.04. The number of hydrogen-bond acceptors (Lipinski definition) is 1. The van der Waals surface area contributed by atoms with Crippen LogP contribution in [-0.2, 0) is 0 Å². The number of para-hydroxylation sites is 1. The predicted molar refractivity (Wildman–Crippen MR) is 56.3 cm³/mol. The van der Waals surface area contributed by atoms with Gasteiger partial charge >= 0.3 is 0 Å². The van der Waals surface area contributed by atoms with Gasteiger partial charge in [0.05, 0.1) is 0 Å². The van der Waals surface area contributed by atoms with E-state index in [1.807, 2.05) is 32.0 Å². The summed E-state index contributed by atoms with van der Waals surface area (Å²) in [5, 5.41) is 0. The minimum absolute atomic E-state index is 0.529. The van der Waals surface area contributed by atoms with Crippen molar-refractivity contribution in [3.8, 4) is 0 Å². The van der Waals surface area contributed by atoms with Gasteiger partial charge in [0.1, 0.15) is 0 Å². The van der Waals surface area contributed by atoms with Crippen LogP contribution < -0.4 is 5.73 Å². The zero-order chi connectivity index (χ0) is 9.56. The second-order valence-electron chi connectivity index (χ2n) is 2.78. The van der Waals surface area contributed by atoms with Crippen molar-refractivity contribution < 1.29 is 0 Å². The molecule has 0 saturated carbocycles. The molecule has 68 valence electrons. The molecule has 1 heteroatoms. The molecule has 1 aromatic rings. The molecule has 0 bridgehead atoms. The zero-order valence-corrected chi connectivity index (χ0v) is 8.46. The fraction of sp³-hybridized carbons (Fsp3) is 0.455. The predicted octanol–water partition coefficient (Wildman–Crippen LogP) is 3.42. The zero-order valence-electron chi connectivity index (χ0n) is 8.46. The molecule has 0 fully saturated rings. The van der Waals surface area contributed by atoms with Crippen LogP contribution in [0.1, 0.15) is 39.2 Å². The Labute approximate surface area is 75.6 Å². The van der Waals surface area contributed by atoms with Crippen molar-refractivity contribution in [2.24, 2.45) is 0 Å². The largest absolute Gasteiger partial charge is 0.398 e. The average molecular weight is 165 g/mol. The van der Waals surface area contributed by atoms with Gasteiger partial charge in [-0.25, -0.2) is 0 Å². The van der Waals surface area contributed by atoms with E-state index in [0.717, 1.165) is 5.69 Å². The van der Waals surface area contributed by atoms with Crippen LogP contribution in [0.25, 0.3) is 0 Å². The van der Waals surface area contributed by atoms with Crippen molar-refractivity contribution in [3.63, 3.8) is 0 Å². The Hall–Kier alpha value is -0.980. The molecule has 0 atom stereocenters. The van der Waals surface area contributed by atoms with Crippen LogP contribution in [0.5, 0.6) is 0 Å². The first kappa shape index (κ1) is 11.0. The van der Waals surface area contributed by atoms with Crippen LogP contribution in [0.3, 0.4) is 0 Å². The van der Waals surface area contributed by atoms with Crippen molar-refractivity contribution in [1.82, 2.24) is 0 Å². The van der Waals surface area contributed by atoms with E-state index in [4.69, 9.17) is 5.73 Å². The average Bonchev–Trinajstić information content (AvgIpc) is 2.08. The monoisotopic (exact) mass is 165 g/mol. The van der Waals surface area contributed by atoms with Crippen molar-refractivity contribution in [3.05, 3.63) is 29.8 Å². The molecular formula is C11H19N. The van der Waals surface area contributed by atoms with Crippen LogP contribution in [0.4, 0.5) is 5.69 Å². The molecule has 12 heavy (non-hydrogen) atoms. The molecule has 0 amide bonds. The Morgan fingerprint density at radius 1 is 1.08 bits per heavy atom. The Bertz CT molecular complexity index is 216. The Morgan fingerprint density at radius 3 is 1.92 bits per heavy atom. The summed E-state index contributed by atoms with van der Waals surface area (Å²) in [6, 6.07) is 7.99. The van der Waals surface area contributed by atoms with Crippen molar-refractivity contribution in [1.29, 1.82) is 0 Å². The first-order valence-corrected chi connectivity index (χ1v) is 4.56. The van der Waals surface area contributed by atoms with Crippen LogP contribution in [0, 0.1) is 0 Å². The third-order valence-corrected chi connectivity index (χ3v) is 1.62. The lowest BCUT2D eigenvalue weighted by Crippen LogP contribution is -1.94. The Balaban J connectivity index is 0.000000561. The molecule has 0 radical (unpaired) electrons. The van der Waals surface area contributed by atoms with Gasteiger partial charge in [-0.3, -0.25) is 0 Å². The number of hydrogen-bond donors (Lipinski definition) is 1. The highest BCUT2D eigenvalue weighted by Crippen LogP contribution is 2.19. The fourth-order valence-corrected chi connectivity index (χ4v) is 1.04. The van der Waals surface area contributed by atoms with Gasteiger partial charge in [0.25, 0.3) is 0 Å². The highest BCUT2D eigenvalue weighted by molar-refractivity contribution is 5.47. The number of rotatable bonds is 1. The third kappa shape index (κ3) is 2.95. The summed E-state index contributed by atoms with van der Waals surface area (Å²) in [5.41, 5.74) is 7.86. The first-order valence-electron chi connectivity index (χ1n) is 4.56. The van der Waals surface area contributed by atoms with Crippen molar-refractivity contribution in [2.75, 3.05) is 5.73 Å². The van der Waals surface area contributed by atoms with Gasteiger partial charge in [-0.2, -0.15) is 0 Å². The number of benzene rings is 1. The third-order valence-electron chi connectivity index (χ3n) is 1.62. The molecule has 0 aliphatic rings. The van der Waals surface area contributed by atoms with Gasteiger partial charge in [0, 0.05) is 5.69 Å². The summed E-state index contributed by atoms with van der Waals surface area (Å²) in [4.78, 5) is 0. The van der Waals surface area contributed by atoms with E-state index >= 15 is 0 Å². The van der Waals surface area contributed by atoms with E-state index in [1.165, 1.54) is 5.56 Å². The van der Waals surface area contributed by atoms with E-state index in [9.17, 15) is 0 Å². The maximum absolute atomic E-state index is 5.72. The molecule has 0 aromatic heterocycles. The molecule has 0 spiro atoms. The normalized spacial score (nSPS) is 9.08. The molecule has 0 unspecified atom stereocenters. The van der Waals surface area contributed by atoms with Gasteiger partial charge in [-0.05, 0) is 17.5 Å². The maximum atomic E-state index is 5.72. The summed E-state index contributed by atoms with van der Waals surface area (Å²) >= 11 is 0. The van der Waals surface area contributed by atoms with Gasteiger partial charge < -0.3 is 5.73 Å². The summed E-state index contributed by atoms with van der Waals surface area (Å²) in [6.07, 6.45) is 0. The summed E-state index contributed by atoms with van der Waals surface area (Å²) < 4.78 is 0. The second kappa shape index (κ2) is 5.64. The van der Waals surface area contributed by atoms with Gasteiger partial charge in [-0.1, -0.05) is 45.9 Å². The highest BCUT2D eigenvalue weighted by Gasteiger charge is 2.00. The first-order chi connectivity index (χ1) is 5.72. The SMILES string of the molecule is CC.CC(C)c1ccccc1N. The summed E-state index contributed by atoms with van der Waals surface area (Å²) in [5.74, 6) is 0.529. The number of anilines is 1. The van der Waals surface area contributed by atoms with E-state index in [0.29, 0.717) is 5.92 Å². The standard InChI is InChI=1S/C9H13N.C2H6/c1-7(2)8-5-3-4-6-9(8)10;1-2/h3-7H,10H2,1-2H3;1-2H3. The molecule has 0 aliphatic heterocycles. The lowest BCUT2D eigenvalue weighted by molar-refractivity contribution is 0.870. The summed E-state index contributed by atoms with van der Waals surface area (Å²) in [7, 11) is 0. The van der Waals surface area contributed by atoms with Crippen LogP contribution >= 0.6 is 0 Å². The van der Waals surface area contributed by atoms with Crippen molar-refractivity contribution >= 4 is 5.69 Å². The minimum Gasteiger partial charge on any atom is -0.398 e. The number of nitrogen functional groups attached to an aromatic ring is 1. The maximum Gasteiger partial charge on any atom is 0.0349 e. The topological polar surface area (TPSA) is 26.0 Å². The van der Waals surface area contributed by atoms with Crippen LogP contribution in [0.2, 0.25) is 0 Å². The highest BCUT2D eigenvalue weighted by atomic mass is 14.6. The summed E-state index contributed by atoms with van der Waals surface area (Å²) in [6.45, 7) is 8.29. The molecule has 1 rings (SSSR count). The van der Waals surface area contributed by atoms with Crippen molar-refractivity contribution in [2.45, 2.75) is 33.6 Å². The van der Waals surface area contributed by atoms with Gasteiger partial charge in [-0.15, -0.1) is 0 Å². The molecule has 1 nitrogen and oxygen atoms in total. The lowest BCUT2D eigenvalue weighted by atomic mass is 10.0. The van der Waals surface area contributed by atoms with Crippen LogP contribution in [0.15, 0.2) is 24.3 Å². The molecule has 0 saturated heterocycles. The minimum atomic E-state index is 0.529. The second-order valence-corrected chi connectivity index (χ2v) is 2.78. The molecule has 1 aromatic carbocycles.